The second kappa shape index (κ2) is 8.62. The summed E-state index contributed by atoms with van der Waals surface area (Å²) in [6, 6.07) is 10.7. The number of nitrogens with zero attached hydrogens (tertiary/aromatic N) is 7. The molecule has 3 aliphatic heterocycles. The number of hydrogen-bond acceptors (Lipinski definition) is 8. The summed E-state index contributed by atoms with van der Waals surface area (Å²) in [5.41, 5.74) is 6.27. The maximum Gasteiger partial charge on any atom is 0.183 e. The van der Waals surface area contributed by atoms with Crippen LogP contribution in [-0.2, 0) is 10.8 Å². The van der Waals surface area contributed by atoms with Crippen LogP contribution in [0.4, 0.5) is 11.4 Å². The highest BCUT2D eigenvalue weighted by atomic mass is 16.3. The highest BCUT2D eigenvalue weighted by Gasteiger charge is 2.42. The third kappa shape index (κ3) is 3.58. The van der Waals surface area contributed by atoms with E-state index in [1.807, 2.05) is 0 Å². The van der Waals surface area contributed by atoms with Gasteiger partial charge in [0.05, 0.1) is 5.69 Å². The molecule has 0 amide bonds. The van der Waals surface area contributed by atoms with E-state index in [4.69, 9.17) is 4.99 Å². The Morgan fingerprint density at radius 2 is 1.75 bits per heavy atom. The van der Waals surface area contributed by atoms with Gasteiger partial charge in [-0.25, -0.2) is 9.98 Å². The van der Waals surface area contributed by atoms with Gasteiger partial charge in [-0.15, -0.1) is 5.10 Å². The maximum atomic E-state index is 11.7. The number of aliphatic imine (C=N–C) groups is 1. The van der Waals surface area contributed by atoms with E-state index in [1.165, 1.54) is 39.7 Å². The number of aldehydes is 1. The first-order valence-electron chi connectivity index (χ1n) is 13.3. The number of carbonyl (C=O) groups excluding carboxylic acids is 1. The van der Waals surface area contributed by atoms with Crippen molar-refractivity contribution in [2.24, 2.45) is 4.99 Å². The zero-order valence-electron chi connectivity index (χ0n) is 23.2. The quantitative estimate of drug-likeness (QED) is 0.452. The predicted molar refractivity (Wildman–Crippen MR) is 152 cm³/mol. The van der Waals surface area contributed by atoms with Gasteiger partial charge in [-0.3, -0.25) is 4.79 Å². The molecular weight excluding hydrogens is 502 g/mol. The topological polar surface area (TPSA) is 131 Å². The summed E-state index contributed by atoms with van der Waals surface area (Å²) in [4.78, 5) is 23.7. The van der Waals surface area contributed by atoms with Crippen molar-refractivity contribution in [1.29, 1.82) is 10.5 Å². The SMILES string of the molecule is Cc1c(/N=C2\C(C#N)=C(C#N)c3nc(-c4cc(O)ccc4C=O)nn32)cc2c3c1C(C)(C)CCN3CCC2(C)C. The van der Waals surface area contributed by atoms with E-state index >= 15 is 0 Å². The minimum absolute atomic E-state index is 0.0452. The lowest BCUT2D eigenvalue weighted by atomic mass is 9.68. The Labute approximate surface area is 232 Å². The standard InChI is InChI=1S/C31H29N7O2/c1-17-24(13-23-26-25(17)31(4,5)9-11-37(26)10-8-30(23,2)3)34-28-21(14-32)22(15-33)29-35-27(36-38(28)29)20-12-19(40)7-6-18(20)16-39/h6-7,12-13,16,40H,8-11H2,1-5H3/b34-28+. The van der Waals surface area contributed by atoms with Gasteiger partial charge in [0, 0.05) is 29.9 Å². The Kier molecular flexibility index (Phi) is 5.50. The monoisotopic (exact) mass is 531 g/mol. The van der Waals surface area contributed by atoms with E-state index in [1.54, 1.807) is 0 Å². The van der Waals surface area contributed by atoms with Crippen LogP contribution in [0.5, 0.6) is 5.75 Å². The fourth-order valence-electron chi connectivity index (χ4n) is 6.30. The van der Waals surface area contributed by atoms with E-state index < -0.39 is 0 Å². The van der Waals surface area contributed by atoms with Crippen LogP contribution >= 0.6 is 0 Å². The van der Waals surface area contributed by atoms with Gasteiger partial charge in [0.2, 0.25) is 0 Å². The van der Waals surface area contributed by atoms with Crippen molar-refractivity contribution < 1.29 is 9.90 Å². The Morgan fingerprint density at radius 1 is 1.05 bits per heavy atom. The first-order valence-corrected chi connectivity index (χ1v) is 13.3. The number of fused-ring (bicyclic) bond motifs is 1. The molecule has 200 valence electrons. The van der Waals surface area contributed by atoms with E-state index in [-0.39, 0.29) is 45.2 Å². The van der Waals surface area contributed by atoms with Gasteiger partial charge < -0.3 is 10.0 Å². The summed E-state index contributed by atoms with van der Waals surface area (Å²) in [6.07, 6.45) is 2.72. The number of aromatic hydroxyl groups is 1. The molecule has 1 aromatic heterocycles. The van der Waals surface area contributed by atoms with Crippen LogP contribution in [-0.4, -0.2) is 45.1 Å². The lowest BCUT2D eigenvalue weighted by Crippen LogP contribution is -2.45. The van der Waals surface area contributed by atoms with Gasteiger partial charge >= 0.3 is 0 Å². The van der Waals surface area contributed by atoms with Gasteiger partial charge in [0.15, 0.2) is 23.8 Å². The van der Waals surface area contributed by atoms with Crippen molar-refractivity contribution in [3.63, 3.8) is 0 Å². The largest absolute Gasteiger partial charge is 0.508 e. The zero-order valence-corrected chi connectivity index (χ0v) is 23.2. The molecular formula is C31H29N7O2. The predicted octanol–water partition coefficient (Wildman–Crippen LogP) is 5.33. The lowest BCUT2D eigenvalue weighted by molar-refractivity contribution is 0.112. The van der Waals surface area contributed by atoms with Crippen molar-refractivity contribution in [1.82, 2.24) is 14.8 Å². The number of allylic oxidation sites excluding steroid dienone is 2. The van der Waals surface area contributed by atoms with Gasteiger partial charge in [-0.05, 0) is 71.6 Å². The molecule has 0 spiro atoms. The molecule has 9 heteroatoms. The van der Waals surface area contributed by atoms with Crippen molar-refractivity contribution in [2.45, 2.75) is 58.3 Å². The number of aromatic nitrogens is 3. The maximum absolute atomic E-state index is 11.7. The Hall–Kier alpha value is -4.76. The molecule has 6 rings (SSSR count). The summed E-state index contributed by atoms with van der Waals surface area (Å²) < 4.78 is 1.40. The van der Waals surface area contributed by atoms with E-state index in [9.17, 15) is 20.4 Å². The molecule has 0 bridgehead atoms. The zero-order chi connectivity index (χ0) is 28.6. The highest BCUT2D eigenvalue weighted by Crippen LogP contribution is 2.52. The number of nitriles is 2. The van der Waals surface area contributed by atoms with Crippen LogP contribution in [0.1, 0.15) is 73.4 Å². The van der Waals surface area contributed by atoms with Gasteiger partial charge in [-0.2, -0.15) is 15.2 Å². The van der Waals surface area contributed by atoms with E-state index in [0.29, 0.717) is 17.4 Å². The number of anilines is 1. The number of benzene rings is 2. The van der Waals surface area contributed by atoms with Crippen LogP contribution in [0, 0.1) is 29.6 Å². The third-order valence-electron chi connectivity index (χ3n) is 8.63. The van der Waals surface area contributed by atoms with Crippen LogP contribution in [0.25, 0.3) is 17.0 Å². The molecule has 0 fully saturated rings. The fourth-order valence-corrected chi connectivity index (χ4v) is 6.30. The molecule has 40 heavy (non-hydrogen) atoms. The fraction of sp³-hybridized carbons (Fsp3) is 0.355. The van der Waals surface area contributed by atoms with Crippen LogP contribution in [0.3, 0.4) is 0 Å². The van der Waals surface area contributed by atoms with Crippen molar-refractivity contribution in [3.05, 3.63) is 57.9 Å². The van der Waals surface area contributed by atoms with Crippen molar-refractivity contribution >= 4 is 29.1 Å². The van der Waals surface area contributed by atoms with E-state index in [0.717, 1.165) is 37.2 Å². The molecule has 2 aromatic carbocycles. The average Bonchev–Trinajstić information content (AvgIpc) is 3.45. The summed E-state index contributed by atoms with van der Waals surface area (Å²) in [7, 11) is 0. The first kappa shape index (κ1) is 25.5. The minimum atomic E-state index is -0.0538. The molecule has 9 nitrogen and oxygen atoms in total. The second-order valence-electron chi connectivity index (χ2n) is 12.0. The Morgan fingerprint density at radius 3 is 2.42 bits per heavy atom. The Bertz CT molecular complexity index is 1770. The molecule has 3 aromatic rings. The molecule has 0 saturated heterocycles. The van der Waals surface area contributed by atoms with Gasteiger partial charge in [0.1, 0.15) is 29.0 Å². The van der Waals surface area contributed by atoms with Crippen LogP contribution in [0.2, 0.25) is 0 Å². The molecule has 0 saturated carbocycles. The number of hydrogen-bond donors (Lipinski definition) is 1. The normalized spacial score (nSPS) is 19.2. The first-order chi connectivity index (χ1) is 19.0. The summed E-state index contributed by atoms with van der Waals surface area (Å²) >= 11 is 0. The molecule has 1 N–H and O–H groups in total. The summed E-state index contributed by atoms with van der Waals surface area (Å²) in [5, 5.41) is 34.7. The number of carbonyl (C=O) groups is 1. The molecule has 4 heterocycles. The number of rotatable bonds is 3. The third-order valence-corrected chi connectivity index (χ3v) is 8.63. The smallest absolute Gasteiger partial charge is 0.183 e. The molecule has 0 radical (unpaired) electrons. The van der Waals surface area contributed by atoms with E-state index in [2.05, 4.69) is 67.8 Å². The van der Waals surface area contributed by atoms with Crippen molar-refractivity contribution in [3.8, 4) is 29.3 Å². The van der Waals surface area contributed by atoms with Gasteiger partial charge in [0.25, 0.3) is 0 Å². The number of phenols is 1. The van der Waals surface area contributed by atoms with Crippen LogP contribution in [0.15, 0.2) is 34.8 Å². The molecule has 0 atom stereocenters. The highest BCUT2D eigenvalue weighted by molar-refractivity contribution is 6.17. The molecule has 0 aliphatic carbocycles. The molecule has 3 aliphatic rings. The van der Waals surface area contributed by atoms with Crippen LogP contribution < -0.4 is 4.90 Å². The minimum Gasteiger partial charge on any atom is -0.508 e. The van der Waals surface area contributed by atoms with Gasteiger partial charge in [-0.1, -0.05) is 27.7 Å². The summed E-state index contributed by atoms with van der Waals surface area (Å²) in [6.45, 7) is 13.2. The number of phenolic OH excluding ortho intramolecular Hbond substituents is 1. The Balaban J connectivity index is 1.61. The molecule has 0 unspecified atom stereocenters. The summed E-state index contributed by atoms with van der Waals surface area (Å²) in [5.74, 6) is 0.503. The second-order valence-corrected chi connectivity index (χ2v) is 12.0. The average molecular weight is 532 g/mol. The van der Waals surface area contributed by atoms with Crippen molar-refractivity contribution in [2.75, 3.05) is 18.0 Å². The lowest BCUT2D eigenvalue weighted by Gasteiger charge is -2.49.